The van der Waals surface area contributed by atoms with Crippen LogP contribution in [-0.2, 0) is 32.6 Å². The summed E-state index contributed by atoms with van der Waals surface area (Å²) in [7, 11) is -4.15. The molecule has 4 aromatic rings. The Hall–Kier alpha value is -4.14. The lowest BCUT2D eigenvalue weighted by atomic mass is 10.0. The van der Waals surface area contributed by atoms with Gasteiger partial charge in [0.05, 0.1) is 10.6 Å². The van der Waals surface area contributed by atoms with Crippen molar-refractivity contribution in [3.63, 3.8) is 0 Å². The van der Waals surface area contributed by atoms with Gasteiger partial charge in [-0.25, -0.2) is 8.42 Å². The number of nitrogens with one attached hydrogen (secondary N) is 1. The normalized spacial score (nSPS) is 11.9. The van der Waals surface area contributed by atoms with Crippen molar-refractivity contribution in [2.75, 3.05) is 17.4 Å². The van der Waals surface area contributed by atoms with Gasteiger partial charge in [-0.05, 0) is 67.8 Å². The quantitative estimate of drug-likeness (QED) is 0.155. The zero-order chi connectivity index (χ0) is 32.4. The maximum Gasteiger partial charge on any atom is 0.264 e. The molecule has 4 aromatic carbocycles. The third kappa shape index (κ3) is 9.19. The van der Waals surface area contributed by atoms with E-state index in [0.717, 1.165) is 39.4 Å². The smallest absolute Gasteiger partial charge is 0.264 e. The van der Waals surface area contributed by atoms with E-state index in [-0.39, 0.29) is 23.8 Å². The van der Waals surface area contributed by atoms with E-state index in [1.165, 1.54) is 4.90 Å². The minimum Gasteiger partial charge on any atom is -0.354 e. The summed E-state index contributed by atoms with van der Waals surface area (Å²) in [6, 6.07) is 29.2. The molecule has 0 aliphatic rings. The molecule has 0 saturated carbocycles. The van der Waals surface area contributed by atoms with Gasteiger partial charge >= 0.3 is 0 Å². The fourth-order valence-corrected chi connectivity index (χ4v) is 6.46. The summed E-state index contributed by atoms with van der Waals surface area (Å²) in [6.07, 6.45) is 1.96. The Labute approximate surface area is 271 Å². The third-order valence-electron chi connectivity index (χ3n) is 7.58. The van der Waals surface area contributed by atoms with E-state index < -0.39 is 28.5 Å². The van der Waals surface area contributed by atoms with Crippen molar-refractivity contribution < 1.29 is 18.0 Å². The van der Waals surface area contributed by atoms with Gasteiger partial charge in [0, 0.05) is 24.5 Å². The molecule has 0 aromatic heterocycles. The number of carbonyl (C=O) groups excluding carboxylic acids is 2. The summed E-state index contributed by atoms with van der Waals surface area (Å²) in [6.45, 7) is 5.89. The number of anilines is 1. The molecule has 0 radical (unpaired) electrons. The Kier molecular flexibility index (Phi) is 11.8. The largest absolute Gasteiger partial charge is 0.354 e. The monoisotopic (exact) mass is 645 g/mol. The van der Waals surface area contributed by atoms with Crippen molar-refractivity contribution in [3.8, 4) is 0 Å². The highest BCUT2D eigenvalue weighted by Gasteiger charge is 2.34. The van der Waals surface area contributed by atoms with Gasteiger partial charge < -0.3 is 10.2 Å². The predicted octanol–water partition coefficient (Wildman–Crippen LogP) is 6.71. The Morgan fingerprint density at radius 3 is 2.00 bits per heavy atom. The van der Waals surface area contributed by atoms with Gasteiger partial charge in [0.25, 0.3) is 10.0 Å². The number of nitrogens with zero attached hydrogens (tertiary/aromatic N) is 2. The minimum atomic E-state index is -4.15. The van der Waals surface area contributed by atoms with Crippen molar-refractivity contribution in [3.05, 3.63) is 130 Å². The van der Waals surface area contributed by atoms with Crippen LogP contribution in [-0.4, -0.2) is 44.3 Å². The van der Waals surface area contributed by atoms with Crippen LogP contribution in [0, 0.1) is 13.8 Å². The minimum absolute atomic E-state index is 0.0730. The van der Waals surface area contributed by atoms with Gasteiger partial charge in [-0.15, -0.1) is 0 Å². The number of rotatable bonds is 14. The van der Waals surface area contributed by atoms with Crippen molar-refractivity contribution >= 4 is 39.1 Å². The molecule has 1 N–H and O–H groups in total. The van der Waals surface area contributed by atoms with Crippen molar-refractivity contribution in [2.24, 2.45) is 0 Å². The van der Waals surface area contributed by atoms with Crippen LogP contribution in [0.5, 0.6) is 0 Å². The average Bonchev–Trinajstić information content (AvgIpc) is 3.03. The molecular formula is C36H40ClN3O4S. The standard InChI is InChI=1S/C36H40ClN3O4S/c1-4-5-23-38-36(42)34(24-29-9-7-6-8-10-29)39(25-30-15-17-31(37)18-16-30)35(41)26-40(32-19-11-27(2)12-20-32)45(43,44)33-21-13-28(3)14-22-33/h6-22,34H,4-5,23-26H2,1-3H3,(H,38,42)/t34-/m1/s1. The highest BCUT2D eigenvalue weighted by molar-refractivity contribution is 7.92. The molecule has 236 valence electrons. The van der Waals surface area contributed by atoms with E-state index >= 15 is 0 Å². The molecule has 0 aliphatic carbocycles. The van der Waals surface area contributed by atoms with Crippen LogP contribution in [0.2, 0.25) is 5.02 Å². The molecular weight excluding hydrogens is 606 g/mol. The number of amides is 2. The lowest BCUT2D eigenvalue weighted by Gasteiger charge is -2.34. The van der Waals surface area contributed by atoms with Crippen LogP contribution in [0.3, 0.4) is 0 Å². The van der Waals surface area contributed by atoms with Crippen LogP contribution >= 0.6 is 11.6 Å². The number of hydrogen-bond donors (Lipinski definition) is 1. The number of unbranched alkanes of at least 4 members (excludes halogenated alkanes) is 1. The van der Waals surface area contributed by atoms with E-state index in [2.05, 4.69) is 5.32 Å². The van der Waals surface area contributed by atoms with Gasteiger partial charge in [0.2, 0.25) is 11.8 Å². The van der Waals surface area contributed by atoms with Gasteiger partial charge in [0.15, 0.2) is 0 Å². The molecule has 45 heavy (non-hydrogen) atoms. The van der Waals surface area contributed by atoms with Crippen LogP contribution in [0.4, 0.5) is 5.69 Å². The van der Waals surface area contributed by atoms with Gasteiger partial charge in [-0.3, -0.25) is 13.9 Å². The summed E-state index contributed by atoms with van der Waals surface area (Å²) >= 11 is 6.15. The number of carbonyl (C=O) groups is 2. The summed E-state index contributed by atoms with van der Waals surface area (Å²) in [5, 5.41) is 3.55. The SMILES string of the molecule is CCCCNC(=O)[C@@H](Cc1ccccc1)N(Cc1ccc(Cl)cc1)C(=O)CN(c1ccc(C)cc1)S(=O)(=O)c1ccc(C)cc1. The van der Waals surface area contributed by atoms with E-state index in [1.54, 1.807) is 60.7 Å². The number of sulfonamides is 1. The van der Waals surface area contributed by atoms with Crippen molar-refractivity contribution in [1.29, 1.82) is 0 Å². The van der Waals surface area contributed by atoms with Crippen LogP contribution < -0.4 is 9.62 Å². The first-order chi connectivity index (χ1) is 21.6. The van der Waals surface area contributed by atoms with E-state index in [4.69, 9.17) is 11.6 Å². The molecule has 7 nitrogen and oxygen atoms in total. The highest BCUT2D eigenvalue weighted by atomic mass is 35.5. The molecule has 4 rings (SSSR count). The second-order valence-electron chi connectivity index (χ2n) is 11.2. The number of halogens is 1. The Balaban J connectivity index is 1.78. The molecule has 9 heteroatoms. The van der Waals surface area contributed by atoms with Crippen molar-refractivity contribution in [1.82, 2.24) is 10.2 Å². The zero-order valence-electron chi connectivity index (χ0n) is 25.9. The molecule has 0 aliphatic heterocycles. The molecule has 0 bridgehead atoms. The first-order valence-corrected chi connectivity index (χ1v) is 16.9. The summed E-state index contributed by atoms with van der Waals surface area (Å²) in [5.41, 5.74) is 3.86. The molecule has 0 spiro atoms. The van der Waals surface area contributed by atoms with Crippen LogP contribution in [0.15, 0.2) is 108 Å². The average molecular weight is 646 g/mol. The fourth-order valence-electron chi connectivity index (χ4n) is 4.92. The first-order valence-electron chi connectivity index (χ1n) is 15.1. The predicted molar refractivity (Wildman–Crippen MR) is 181 cm³/mol. The van der Waals surface area contributed by atoms with Gasteiger partial charge in [0.1, 0.15) is 12.6 Å². The molecule has 0 heterocycles. The topological polar surface area (TPSA) is 86.8 Å². The zero-order valence-corrected chi connectivity index (χ0v) is 27.5. The number of benzene rings is 4. The van der Waals surface area contributed by atoms with Gasteiger partial charge in [-0.2, -0.15) is 0 Å². The molecule has 0 unspecified atom stereocenters. The highest BCUT2D eigenvalue weighted by Crippen LogP contribution is 2.26. The Morgan fingerprint density at radius 2 is 1.40 bits per heavy atom. The Morgan fingerprint density at radius 1 is 0.800 bits per heavy atom. The van der Waals surface area contributed by atoms with Crippen molar-refractivity contribution in [2.45, 2.75) is 57.5 Å². The summed E-state index contributed by atoms with van der Waals surface area (Å²) in [4.78, 5) is 29.8. The second kappa shape index (κ2) is 15.7. The lowest BCUT2D eigenvalue weighted by molar-refractivity contribution is -0.140. The van der Waals surface area contributed by atoms with Gasteiger partial charge in [-0.1, -0.05) is 103 Å². The van der Waals surface area contributed by atoms with E-state index in [1.807, 2.05) is 63.2 Å². The Bertz CT molecular complexity index is 1660. The van der Waals surface area contributed by atoms with Crippen LogP contribution in [0.25, 0.3) is 0 Å². The molecule has 0 saturated heterocycles. The third-order valence-corrected chi connectivity index (χ3v) is 9.62. The number of aryl methyl sites for hydroxylation is 2. The second-order valence-corrected chi connectivity index (χ2v) is 13.5. The molecule has 2 amide bonds. The first kappa shape index (κ1) is 33.7. The molecule has 0 fully saturated rings. The lowest BCUT2D eigenvalue weighted by Crippen LogP contribution is -2.53. The number of hydrogen-bond acceptors (Lipinski definition) is 4. The maximum absolute atomic E-state index is 14.5. The fraction of sp³-hybridized carbons (Fsp3) is 0.278. The van der Waals surface area contributed by atoms with E-state index in [9.17, 15) is 18.0 Å². The summed E-state index contributed by atoms with van der Waals surface area (Å²) in [5.74, 6) is -0.800. The maximum atomic E-state index is 14.5. The van der Waals surface area contributed by atoms with E-state index in [0.29, 0.717) is 17.3 Å². The molecule has 1 atom stereocenters. The van der Waals surface area contributed by atoms with Crippen LogP contribution in [0.1, 0.15) is 42.0 Å². The summed E-state index contributed by atoms with van der Waals surface area (Å²) < 4.78 is 29.4.